The third-order valence-electron chi connectivity index (χ3n) is 3.13. The number of aryl methyl sites for hydroxylation is 1. The van der Waals surface area contributed by atoms with Gasteiger partial charge in [0.15, 0.2) is 0 Å². The molecule has 94 valence electrons. The minimum atomic E-state index is 0.742. The number of benzene rings is 2. The molecule has 0 saturated carbocycles. The first-order chi connectivity index (χ1) is 9.25. The van der Waals surface area contributed by atoms with Gasteiger partial charge in [-0.15, -0.1) is 0 Å². The first kappa shape index (κ1) is 12.0. The van der Waals surface area contributed by atoms with Gasteiger partial charge in [0.25, 0.3) is 0 Å². The fraction of sp³-hybridized carbons (Fsp3) is 0.0625. The predicted octanol–water partition coefficient (Wildman–Crippen LogP) is 4.50. The molecule has 0 atom stereocenters. The summed E-state index contributed by atoms with van der Waals surface area (Å²) in [6, 6.07) is 16.0. The molecule has 0 fully saturated rings. The second-order valence-corrected chi connectivity index (χ2v) is 4.85. The van der Waals surface area contributed by atoms with Crippen molar-refractivity contribution in [2.75, 3.05) is 0 Å². The van der Waals surface area contributed by atoms with E-state index in [1.165, 1.54) is 5.56 Å². The molecule has 0 aliphatic rings. The van der Waals surface area contributed by atoms with Crippen LogP contribution in [0, 0.1) is 6.92 Å². The normalized spacial score (nSPS) is 10.6. The molecule has 0 unspecified atom stereocenters. The van der Waals surface area contributed by atoms with Crippen LogP contribution in [0.25, 0.3) is 16.8 Å². The van der Waals surface area contributed by atoms with Crippen molar-refractivity contribution in [2.24, 2.45) is 0 Å². The third-order valence-corrected chi connectivity index (χ3v) is 3.46. The maximum absolute atomic E-state index is 6.21. The number of halogens is 1. The van der Waals surface area contributed by atoms with Crippen molar-refractivity contribution in [2.45, 2.75) is 6.92 Å². The molecule has 0 bridgehead atoms. The quantitative estimate of drug-likeness (QED) is 0.669. The lowest BCUT2D eigenvalue weighted by Gasteiger charge is -2.04. The van der Waals surface area contributed by atoms with E-state index in [9.17, 15) is 0 Å². The Kier molecular flexibility index (Phi) is 3.10. The highest BCUT2D eigenvalue weighted by Crippen LogP contribution is 2.27. The molecular formula is C16H13ClN2. The van der Waals surface area contributed by atoms with Crippen LogP contribution in [-0.4, -0.2) is 9.78 Å². The highest BCUT2D eigenvalue weighted by molar-refractivity contribution is 6.33. The Bertz CT molecular complexity index is 656. The zero-order valence-electron chi connectivity index (χ0n) is 10.5. The number of hydrogen-bond acceptors (Lipinski definition) is 1. The van der Waals surface area contributed by atoms with Crippen LogP contribution in [-0.2, 0) is 0 Å². The fourth-order valence-electron chi connectivity index (χ4n) is 2.11. The molecule has 19 heavy (non-hydrogen) atoms. The van der Waals surface area contributed by atoms with Crippen LogP contribution in [0.4, 0.5) is 0 Å². The van der Waals surface area contributed by atoms with E-state index in [1.54, 1.807) is 0 Å². The monoisotopic (exact) mass is 268 g/mol. The van der Waals surface area contributed by atoms with Gasteiger partial charge in [-0.25, -0.2) is 4.68 Å². The average molecular weight is 269 g/mol. The van der Waals surface area contributed by atoms with E-state index in [-0.39, 0.29) is 0 Å². The molecule has 3 heteroatoms. The van der Waals surface area contributed by atoms with E-state index in [0.29, 0.717) is 0 Å². The Morgan fingerprint density at radius 2 is 1.74 bits per heavy atom. The Balaban J connectivity index is 2.06. The second-order valence-electron chi connectivity index (χ2n) is 4.44. The Hall–Kier alpha value is -2.06. The van der Waals surface area contributed by atoms with Gasteiger partial charge in [0.2, 0.25) is 0 Å². The molecule has 0 spiro atoms. The first-order valence-corrected chi connectivity index (χ1v) is 6.49. The van der Waals surface area contributed by atoms with Crippen molar-refractivity contribution in [3.8, 4) is 16.8 Å². The number of para-hydroxylation sites is 1. The molecule has 2 nitrogen and oxygen atoms in total. The molecule has 0 amide bonds. The van der Waals surface area contributed by atoms with Crippen molar-refractivity contribution in [1.29, 1.82) is 0 Å². The molecule has 3 rings (SSSR count). The standard InChI is InChI=1S/C16H13ClN2/c1-12-6-2-5-9-16(12)19-11-13(10-18-19)14-7-3-4-8-15(14)17/h2-11H,1H3. The maximum Gasteiger partial charge on any atom is 0.0674 e. The minimum absolute atomic E-state index is 0.742. The van der Waals surface area contributed by atoms with Gasteiger partial charge in [-0.3, -0.25) is 0 Å². The van der Waals surface area contributed by atoms with Crippen molar-refractivity contribution in [1.82, 2.24) is 9.78 Å². The van der Waals surface area contributed by atoms with Gasteiger partial charge >= 0.3 is 0 Å². The van der Waals surface area contributed by atoms with Gasteiger partial charge < -0.3 is 0 Å². The van der Waals surface area contributed by atoms with Crippen molar-refractivity contribution in [3.63, 3.8) is 0 Å². The van der Waals surface area contributed by atoms with E-state index >= 15 is 0 Å². The van der Waals surface area contributed by atoms with Gasteiger partial charge in [-0.1, -0.05) is 48.0 Å². The lowest BCUT2D eigenvalue weighted by molar-refractivity contribution is 0.873. The Morgan fingerprint density at radius 3 is 2.53 bits per heavy atom. The summed E-state index contributed by atoms with van der Waals surface area (Å²) in [4.78, 5) is 0. The summed E-state index contributed by atoms with van der Waals surface area (Å²) in [5.74, 6) is 0. The van der Waals surface area contributed by atoms with E-state index in [2.05, 4.69) is 24.2 Å². The molecule has 0 radical (unpaired) electrons. The topological polar surface area (TPSA) is 17.8 Å². The number of aromatic nitrogens is 2. The third kappa shape index (κ3) is 2.27. The molecule has 1 aromatic heterocycles. The summed E-state index contributed by atoms with van der Waals surface area (Å²) in [7, 11) is 0. The van der Waals surface area contributed by atoms with Crippen molar-refractivity contribution in [3.05, 3.63) is 71.5 Å². The number of rotatable bonds is 2. The van der Waals surface area contributed by atoms with Crippen LogP contribution in [0.15, 0.2) is 60.9 Å². The van der Waals surface area contributed by atoms with Gasteiger partial charge in [-0.05, 0) is 24.6 Å². The maximum atomic E-state index is 6.21. The van der Waals surface area contributed by atoms with Gasteiger partial charge in [0, 0.05) is 22.3 Å². The molecule has 3 aromatic rings. The molecule has 0 aliphatic heterocycles. The average Bonchev–Trinajstić information content (AvgIpc) is 2.89. The van der Waals surface area contributed by atoms with Gasteiger partial charge in [0.1, 0.15) is 0 Å². The summed E-state index contributed by atoms with van der Waals surface area (Å²) >= 11 is 6.21. The molecule has 2 aromatic carbocycles. The Labute approximate surface area is 117 Å². The molecule has 0 saturated heterocycles. The predicted molar refractivity (Wildman–Crippen MR) is 78.7 cm³/mol. The zero-order chi connectivity index (χ0) is 13.2. The molecule has 1 heterocycles. The lowest BCUT2D eigenvalue weighted by atomic mass is 10.1. The number of hydrogen-bond donors (Lipinski definition) is 0. The fourth-order valence-corrected chi connectivity index (χ4v) is 2.35. The summed E-state index contributed by atoms with van der Waals surface area (Å²) in [6.07, 6.45) is 3.84. The zero-order valence-corrected chi connectivity index (χ0v) is 11.3. The van der Waals surface area contributed by atoms with Crippen LogP contribution in [0.2, 0.25) is 5.02 Å². The molecule has 0 aliphatic carbocycles. The molecule has 0 N–H and O–H groups in total. The summed E-state index contributed by atoms with van der Waals surface area (Å²) in [5.41, 5.74) is 4.30. The van der Waals surface area contributed by atoms with Gasteiger partial charge in [-0.2, -0.15) is 5.10 Å². The van der Waals surface area contributed by atoms with Crippen LogP contribution >= 0.6 is 11.6 Å². The van der Waals surface area contributed by atoms with Crippen LogP contribution < -0.4 is 0 Å². The van der Waals surface area contributed by atoms with Crippen molar-refractivity contribution >= 4 is 11.6 Å². The van der Waals surface area contributed by atoms with E-state index in [0.717, 1.165) is 21.8 Å². The number of nitrogens with zero attached hydrogens (tertiary/aromatic N) is 2. The smallest absolute Gasteiger partial charge is 0.0674 e. The van der Waals surface area contributed by atoms with Crippen LogP contribution in [0.3, 0.4) is 0 Å². The highest BCUT2D eigenvalue weighted by atomic mass is 35.5. The van der Waals surface area contributed by atoms with Gasteiger partial charge in [0.05, 0.1) is 11.9 Å². The second kappa shape index (κ2) is 4.90. The van der Waals surface area contributed by atoms with Crippen molar-refractivity contribution < 1.29 is 0 Å². The summed E-state index contributed by atoms with van der Waals surface area (Å²) < 4.78 is 1.88. The van der Waals surface area contributed by atoms with E-state index in [1.807, 2.05) is 53.5 Å². The van der Waals surface area contributed by atoms with E-state index < -0.39 is 0 Å². The first-order valence-electron chi connectivity index (χ1n) is 6.11. The van der Waals surface area contributed by atoms with Crippen LogP contribution in [0.1, 0.15) is 5.56 Å². The summed E-state index contributed by atoms with van der Waals surface area (Å²) in [5, 5.41) is 5.17. The summed E-state index contributed by atoms with van der Waals surface area (Å²) in [6.45, 7) is 2.08. The molecular weight excluding hydrogens is 256 g/mol. The van der Waals surface area contributed by atoms with Crippen LogP contribution in [0.5, 0.6) is 0 Å². The largest absolute Gasteiger partial charge is 0.240 e. The minimum Gasteiger partial charge on any atom is -0.240 e. The SMILES string of the molecule is Cc1ccccc1-n1cc(-c2ccccc2Cl)cn1. The Morgan fingerprint density at radius 1 is 1.00 bits per heavy atom. The lowest BCUT2D eigenvalue weighted by Crippen LogP contribution is -1.96. The van der Waals surface area contributed by atoms with E-state index in [4.69, 9.17) is 11.6 Å². The highest BCUT2D eigenvalue weighted by Gasteiger charge is 2.07.